The highest BCUT2D eigenvalue weighted by Crippen LogP contribution is 2.51. The van der Waals surface area contributed by atoms with E-state index < -0.39 is 0 Å². The lowest BCUT2D eigenvalue weighted by Crippen LogP contribution is -2.25. The van der Waals surface area contributed by atoms with Crippen molar-refractivity contribution in [3.8, 4) is 0 Å². The molecule has 3 heteroatoms. The van der Waals surface area contributed by atoms with Crippen molar-refractivity contribution in [2.45, 2.75) is 26.2 Å². The molecular formula is C16H18O3. The molecule has 19 heavy (non-hydrogen) atoms. The van der Waals surface area contributed by atoms with Crippen LogP contribution in [0.25, 0.3) is 0 Å². The van der Waals surface area contributed by atoms with E-state index in [1.165, 1.54) is 0 Å². The van der Waals surface area contributed by atoms with E-state index >= 15 is 0 Å². The second-order valence-corrected chi connectivity index (χ2v) is 5.33. The van der Waals surface area contributed by atoms with Gasteiger partial charge in [0, 0.05) is 12.3 Å². The molecule has 0 aromatic carbocycles. The highest BCUT2D eigenvalue weighted by Gasteiger charge is 2.51. The van der Waals surface area contributed by atoms with Crippen LogP contribution in [-0.4, -0.2) is 18.4 Å². The van der Waals surface area contributed by atoms with Crippen LogP contribution in [0.2, 0.25) is 0 Å². The molecule has 0 unspecified atom stereocenters. The molecule has 0 bridgehead atoms. The number of Topliss-reactive ketones (excluding diaryl/α,β-unsaturated/α-hetero) is 1. The Labute approximate surface area is 113 Å². The normalized spacial score (nSPS) is 32.3. The van der Waals surface area contributed by atoms with Crippen LogP contribution in [0.15, 0.2) is 35.5 Å². The van der Waals surface area contributed by atoms with Gasteiger partial charge >= 0.3 is 5.97 Å². The molecule has 0 aromatic heterocycles. The van der Waals surface area contributed by atoms with Gasteiger partial charge in [0.25, 0.3) is 0 Å². The maximum Gasteiger partial charge on any atom is 0.313 e. The lowest BCUT2D eigenvalue weighted by Gasteiger charge is -2.18. The second-order valence-electron chi connectivity index (χ2n) is 5.33. The molecule has 0 aliphatic heterocycles. The van der Waals surface area contributed by atoms with Gasteiger partial charge in [0.05, 0.1) is 12.5 Å². The Morgan fingerprint density at radius 1 is 1.32 bits per heavy atom. The minimum absolute atomic E-state index is 0.0802. The quantitative estimate of drug-likeness (QED) is 0.715. The Bertz CT molecular complexity index is 510. The van der Waals surface area contributed by atoms with Gasteiger partial charge in [-0.25, -0.2) is 0 Å². The summed E-state index contributed by atoms with van der Waals surface area (Å²) in [6, 6.07) is 0. The zero-order chi connectivity index (χ0) is 13.4. The standard InChI is InChI=1S/C16H18O3/c1-2-19-16(18)15-11-7-5-3-4-6-10(11)14-12(15)8-9-13(14)17/h4-7,12,14-15H,2-3,8-9H2,1H3/t12-,14-,15-/m0/s1. The molecule has 0 N–H and O–H groups in total. The van der Waals surface area contributed by atoms with Crippen LogP contribution in [-0.2, 0) is 14.3 Å². The Kier molecular flexibility index (Phi) is 3.13. The largest absolute Gasteiger partial charge is 0.466 e. The molecular weight excluding hydrogens is 240 g/mol. The smallest absolute Gasteiger partial charge is 0.313 e. The topological polar surface area (TPSA) is 43.4 Å². The van der Waals surface area contributed by atoms with Gasteiger partial charge in [0.1, 0.15) is 5.78 Å². The van der Waals surface area contributed by atoms with E-state index in [-0.39, 0.29) is 29.5 Å². The van der Waals surface area contributed by atoms with Crippen molar-refractivity contribution < 1.29 is 14.3 Å². The summed E-state index contributed by atoms with van der Waals surface area (Å²) in [5.41, 5.74) is 2.06. The summed E-state index contributed by atoms with van der Waals surface area (Å²) in [6.45, 7) is 2.21. The first-order valence-corrected chi connectivity index (χ1v) is 7.00. The van der Waals surface area contributed by atoms with Gasteiger partial charge in [-0.05, 0) is 36.8 Å². The first-order valence-electron chi connectivity index (χ1n) is 7.00. The number of hydrogen-bond acceptors (Lipinski definition) is 3. The maximum absolute atomic E-state index is 12.2. The number of carbonyl (C=O) groups excluding carboxylic acids is 2. The summed E-state index contributed by atoms with van der Waals surface area (Å²) in [5, 5.41) is 0. The van der Waals surface area contributed by atoms with E-state index in [0.29, 0.717) is 13.0 Å². The Morgan fingerprint density at radius 2 is 2.05 bits per heavy atom. The first-order chi connectivity index (χ1) is 9.24. The molecule has 0 radical (unpaired) electrons. The van der Waals surface area contributed by atoms with Gasteiger partial charge in [-0.2, -0.15) is 0 Å². The second kappa shape index (κ2) is 4.80. The minimum atomic E-state index is -0.245. The van der Waals surface area contributed by atoms with Crippen LogP contribution in [0.4, 0.5) is 0 Å². The third-order valence-corrected chi connectivity index (χ3v) is 4.34. The number of fused-ring (bicyclic) bond motifs is 2. The summed E-state index contributed by atoms with van der Waals surface area (Å²) < 4.78 is 5.22. The van der Waals surface area contributed by atoms with Gasteiger partial charge in [0.2, 0.25) is 0 Å². The third kappa shape index (κ3) is 1.88. The SMILES string of the molecule is CCOC(=O)[C@H]1C2=C(C=CCC=C2)[C@@H]2C(=O)CC[C@@H]21. The highest BCUT2D eigenvalue weighted by atomic mass is 16.5. The summed E-state index contributed by atoms with van der Waals surface area (Å²) in [5.74, 6) is -0.0980. The average Bonchev–Trinajstić information content (AvgIpc) is 2.79. The van der Waals surface area contributed by atoms with E-state index in [0.717, 1.165) is 24.0 Å². The van der Waals surface area contributed by atoms with Crippen LogP contribution in [0.5, 0.6) is 0 Å². The number of ether oxygens (including phenoxy) is 1. The summed E-state index contributed by atoms with van der Waals surface area (Å²) in [7, 11) is 0. The Morgan fingerprint density at radius 3 is 2.79 bits per heavy atom. The number of ketones is 1. The van der Waals surface area contributed by atoms with Crippen molar-refractivity contribution in [3.63, 3.8) is 0 Å². The molecule has 3 aliphatic carbocycles. The predicted molar refractivity (Wildman–Crippen MR) is 71.3 cm³/mol. The lowest BCUT2D eigenvalue weighted by atomic mass is 9.87. The lowest BCUT2D eigenvalue weighted by molar-refractivity contribution is -0.148. The average molecular weight is 258 g/mol. The van der Waals surface area contributed by atoms with E-state index in [1.54, 1.807) is 0 Å². The van der Waals surface area contributed by atoms with Crippen LogP contribution >= 0.6 is 0 Å². The number of allylic oxidation sites excluding steroid dienone is 5. The fourth-order valence-electron chi connectivity index (χ4n) is 3.62. The molecule has 0 amide bonds. The fourth-order valence-corrected chi connectivity index (χ4v) is 3.62. The van der Waals surface area contributed by atoms with Crippen LogP contribution < -0.4 is 0 Å². The summed E-state index contributed by atoms with van der Waals surface area (Å²) >= 11 is 0. The van der Waals surface area contributed by atoms with Gasteiger partial charge < -0.3 is 4.74 Å². The first kappa shape index (κ1) is 12.4. The maximum atomic E-state index is 12.2. The molecule has 0 spiro atoms. The summed E-state index contributed by atoms with van der Waals surface area (Å²) in [4.78, 5) is 24.3. The fraction of sp³-hybridized carbons (Fsp3) is 0.500. The zero-order valence-corrected chi connectivity index (χ0v) is 11.1. The van der Waals surface area contributed by atoms with Gasteiger partial charge in [-0.15, -0.1) is 0 Å². The highest BCUT2D eigenvalue weighted by molar-refractivity contribution is 5.92. The van der Waals surface area contributed by atoms with Gasteiger partial charge in [0.15, 0.2) is 0 Å². The van der Waals surface area contributed by atoms with Crippen molar-refractivity contribution in [2.75, 3.05) is 6.61 Å². The Balaban J connectivity index is 2.03. The third-order valence-electron chi connectivity index (χ3n) is 4.34. The molecule has 3 aliphatic rings. The molecule has 1 saturated carbocycles. The van der Waals surface area contributed by atoms with Crippen molar-refractivity contribution in [2.24, 2.45) is 17.8 Å². The van der Waals surface area contributed by atoms with Gasteiger partial charge in [-0.3, -0.25) is 9.59 Å². The van der Waals surface area contributed by atoms with Crippen LogP contribution in [0.3, 0.4) is 0 Å². The Hall–Kier alpha value is -1.64. The number of hydrogen-bond donors (Lipinski definition) is 0. The van der Waals surface area contributed by atoms with E-state index in [4.69, 9.17) is 4.74 Å². The van der Waals surface area contributed by atoms with Crippen molar-refractivity contribution in [3.05, 3.63) is 35.5 Å². The molecule has 1 fully saturated rings. The minimum Gasteiger partial charge on any atom is -0.466 e. The van der Waals surface area contributed by atoms with Crippen molar-refractivity contribution in [1.82, 2.24) is 0 Å². The van der Waals surface area contributed by atoms with Crippen LogP contribution in [0, 0.1) is 17.8 Å². The van der Waals surface area contributed by atoms with Crippen molar-refractivity contribution in [1.29, 1.82) is 0 Å². The van der Waals surface area contributed by atoms with Gasteiger partial charge in [-0.1, -0.05) is 24.3 Å². The molecule has 0 heterocycles. The number of esters is 1. The molecule has 3 rings (SSSR count). The molecule has 0 aromatic rings. The van der Waals surface area contributed by atoms with Crippen LogP contribution in [0.1, 0.15) is 26.2 Å². The van der Waals surface area contributed by atoms with E-state index in [1.807, 2.05) is 19.1 Å². The summed E-state index contributed by atoms with van der Waals surface area (Å²) in [6.07, 6.45) is 10.4. The van der Waals surface area contributed by atoms with E-state index in [2.05, 4.69) is 12.2 Å². The molecule has 3 atom stereocenters. The predicted octanol–water partition coefficient (Wildman–Crippen LogP) is 2.59. The molecule has 3 nitrogen and oxygen atoms in total. The monoisotopic (exact) mass is 258 g/mol. The number of rotatable bonds is 2. The molecule has 100 valence electrons. The zero-order valence-electron chi connectivity index (χ0n) is 11.1. The number of carbonyl (C=O) groups is 2. The van der Waals surface area contributed by atoms with E-state index in [9.17, 15) is 9.59 Å². The van der Waals surface area contributed by atoms with Crippen molar-refractivity contribution >= 4 is 11.8 Å². The molecule has 0 saturated heterocycles.